The van der Waals surface area contributed by atoms with Crippen LogP contribution in [0.1, 0.15) is 48.6 Å². The fourth-order valence-corrected chi connectivity index (χ4v) is 7.11. The zero-order chi connectivity index (χ0) is 28.9. The fraction of sp³-hybridized carbons (Fsp3) is 0.323. The molecule has 0 unspecified atom stereocenters. The van der Waals surface area contributed by atoms with Crippen LogP contribution < -0.4 is 5.56 Å². The maximum Gasteiger partial charge on any atom is 0.254 e. The van der Waals surface area contributed by atoms with Crippen LogP contribution in [0.15, 0.2) is 52.4 Å². The topological polar surface area (TPSA) is 123 Å². The Labute approximate surface area is 241 Å². The lowest BCUT2D eigenvalue weighted by atomic mass is 9.78. The van der Waals surface area contributed by atoms with Crippen LogP contribution in [-0.4, -0.2) is 37.2 Å². The third kappa shape index (κ3) is 4.10. The summed E-state index contributed by atoms with van der Waals surface area (Å²) in [4.78, 5) is 17.7. The molecule has 0 radical (unpaired) electrons. The van der Waals surface area contributed by atoms with Crippen molar-refractivity contribution in [1.82, 2.24) is 14.1 Å². The second-order valence-electron chi connectivity index (χ2n) is 10.5. The molecule has 2 bridgehead atoms. The molecule has 2 aromatic carbocycles. The number of fused-ring (bicyclic) bond motifs is 6. The Bertz CT molecular complexity index is 1850. The smallest absolute Gasteiger partial charge is 0.254 e. The monoisotopic (exact) mass is 568 g/mol. The van der Waals surface area contributed by atoms with Gasteiger partial charge in [-0.3, -0.25) is 13.9 Å². The summed E-state index contributed by atoms with van der Waals surface area (Å²) in [5.74, 6) is 2.72. The molecule has 2 atom stereocenters. The van der Waals surface area contributed by atoms with Crippen LogP contribution in [0.2, 0.25) is 0 Å². The molecule has 2 N–H and O–H groups in total. The van der Waals surface area contributed by atoms with Gasteiger partial charge in [0.25, 0.3) is 5.56 Å². The van der Waals surface area contributed by atoms with Gasteiger partial charge in [0, 0.05) is 30.5 Å². The van der Waals surface area contributed by atoms with Crippen LogP contribution in [0.25, 0.3) is 16.5 Å². The molecule has 0 saturated carbocycles. The minimum Gasteiger partial charge on any atom is -0.494 e. The van der Waals surface area contributed by atoms with Crippen molar-refractivity contribution in [1.29, 1.82) is 5.26 Å². The van der Waals surface area contributed by atoms with E-state index in [2.05, 4.69) is 17.0 Å². The average molecular weight is 569 g/mol. The molecule has 0 amide bonds. The lowest BCUT2D eigenvalue weighted by molar-refractivity contribution is -0.0855. The van der Waals surface area contributed by atoms with E-state index in [1.54, 1.807) is 23.8 Å². The van der Waals surface area contributed by atoms with Crippen molar-refractivity contribution in [2.24, 2.45) is 0 Å². The second kappa shape index (κ2) is 10.0. The number of terminal acetylenes is 1. The van der Waals surface area contributed by atoms with Crippen molar-refractivity contribution >= 4 is 22.5 Å². The summed E-state index contributed by atoms with van der Waals surface area (Å²) >= 11 is 1.30. The molecule has 10 heteroatoms. The Morgan fingerprint density at radius 1 is 1.17 bits per heavy atom. The number of aromatic nitrogens is 3. The zero-order valence-electron chi connectivity index (χ0n) is 22.7. The first-order valence-electron chi connectivity index (χ1n) is 13.2. The highest BCUT2D eigenvalue weighted by molar-refractivity contribution is 7.99. The first-order chi connectivity index (χ1) is 19.8. The molecule has 41 heavy (non-hydrogen) atoms. The van der Waals surface area contributed by atoms with Crippen LogP contribution in [0.5, 0.6) is 11.8 Å². The summed E-state index contributed by atoms with van der Waals surface area (Å²) in [6, 6.07) is 14.5. The number of ether oxygens (including phenoxy) is 2. The largest absolute Gasteiger partial charge is 0.494 e. The molecular weight excluding hydrogens is 540 g/mol. The molecule has 4 heterocycles. The highest BCUT2D eigenvalue weighted by Crippen LogP contribution is 2.65. The van der Waals surface area contributed by atoms with E-state index in [9.17, 15) is 20.3 Å². The lowest BCUT2D eigenvalue weighted by Crippen LogP contribution is -2.30. The van der Waals surface area contributed by atoms with Gasteiger partial charge < -0.3 is 19.7 Å². The van der Waals surface area contributed by atoms with Crippen molar-refractivity contribution in [3.05, 3.63) is 75.2 Å². The predicted molar refractivity (Wildman–Crippen MR) is 154 cm³/mol. The molecule has 2 aliphatic rings. The van der Waals surface area contributed by atoms with Crippen LogP contribution in [0, 0.1) is 23.7 Å². The maximum atomic E-state index is 13.1. The minimum atomic E-state index is -0.919. The van der Waals surface area contributed by atoms with Crippen molar-refractivity contribution in [2.45, 2.75) is 55.7 Å². The van der Waals surface area contributed by atoms with Crippen molar-refractivity contribution < 1.29 is 19.7 Å². The molecule has 208 valence electrons. The molecule has 9 nitrogen and oxygen atoms in total. The summed E-state index contributed by atoms with van der Waals surface area (Å²) in [6.45, 7) is 2.40. The standard InChI is InChI=1S/C31H28N4O5S/c1-4-15-41-29-33-20(18-39-3)16-24(36)34(29)14-13-31-12-11-30(2,40-31)25-26(31)28(38)35(27(25)37)23-10-9-19(17-32)21-7-5-6-8-22(21)23/h1,5-10,16,37-38H,11-15,18H2,2-3H3/t30-,31-/m1/s1. The molecule has 0 aliphatic carbocycles. The minimum absolute atomic E-state index is 0.0931. The van der Waals surface area contributed by atoms with Gasteiger partial charge in [-0.25, -0.2) is 4.98 Å². The van der Waals surface area contributed by atoms with E-state index in [-0.39, 0.29) is 30.5 Å². The Hall–Kier alpha value is -4.22. The van der Waals surface area contributed by atoms with E-state index in [1.807, 2.05) is 31.2 Å². The Kier molecular flexibility index (Phi) is 6.58. The SMILES string of the molecule is C#CCSc1nc(COC)cc(=O)n1CC[C@@]12CC[C@@](C)(O1)c1c2c(O)n(-c2ccc(C#N)c3ccccc23)c1O. The molecule has 4 aromatic rings. The number of hydrogen-bond acceptors (Lipinski definition) is 8. The summed E-state index contributed by atoms with van der Waals surface area (Å²) in [7, 11) is 1.54. The highest BCUT2D eigenvalue weighted by atomic mass is 32.2. The normalized spacial score (nSPS) is 20.7. The van der Waals surface area contributed by atoms with Gasteiger partial charge >= 0.3 is 0 Å². The Balaban J connectivity index is 1.44. The summed E-state index contributed by atoms with van der Waals surface area (Å²) in [6.07, 6.45) is 7.10. The van der Waals surface area contributed by atoms with Gasteiger partial charge in [-0.2, -0.15) is 5.26 Å². The molecule has 1 saturated heterocycles. The van der Waals surface area contributed by atoms with E-state index in [4.69, 9.17) is 15.9 Å². The number of thioether (sulfide) groups is 1. The second-order valence-corrected chi connectivity index (χ2v) is 11.5. The van der Waals surface area contributed by atoms with Gasteiger partial charge in [0.2, 0.25) is 11.8 Å². The molecule has 2 aliphatic heterocycles. The summed E-state index contributed by atoms with van der Waals surface area (Å²) < 4.78 is 14.8. The van der Waals surface area contributed by atoms with Gasteiger partial charge in [-0.05, 0) is 38.3 Å². The van der Waals surface area contributed by atoms with Gasteiger partial charge in [0.15, 0.2) is 5.16 Å². The number of methoxy groups -OCH3 is 1. The number of nitrogens with zero attached hydrogens (tertiary/aromatic N) is 4. The third-order valence-corrected chi connectivity index (χ3v) is 9.02. The molecule has 0 spiro atoms. The maximum absolute atomic E-state index is 13.1. The van der Waals surface area contributed by atoms with Crippen LogP contribution >= 0.6 is 11.8 Å². The first kappa shape index (κ1) is 27.0. The van der Waals surface area contributed by atoms with E-state index in [0.29, 0.717) is 58.2 Å². The number of nitriles is 1. The van der Waals surface area contributed by atoms with E-state index >= 15 is 0 Å². The van der Waals surface area contributed by atoms with Crippen molar-refractivity contribution in [3.63, 3.8) is 0 Å². The number of aromatic hydroxyl groups is 2. The van der Waals surface area contributed by atoms with E-state index < -0.39 is 11.2 Å². The van der Waals surface area contributed by atoms with Gasteiger partial charge in [0.05, 0.1) is 52.1 Å². The average Bonchev–Trinajstić information content (AvgIpc) is 3.55. The summed E-state index contributed by atoms with van der Waals surface area (Å²) in [5.41, 5.74) is 0.719. The van der Waals surface area contributed by atoms with Crippen LogP contribution in [0.4, 0.5) is 0 Å². The van der Waals surface area contributed by atoms with Gasteiger partial charge in [0.1, 0.15) is 5.60 Å². The molecule has 6 rings (SSSR count). The molecule has 1 fully saturated rings. The first-order valence-corrected chi connectivity index (χ1v) is 14.2. The number of rotatable bonds is 8. The number of benzene rings is 2. The van der Waals surface area contributed by atoms with Gasteiger partial charge in [-0.1, -0.05) is 41.9 Å². The van der Waals surface area contributed by atoms with Crippen molar-refractivity contribution in [3.8, 4) is 35.9 Å². The zero-order valence-corrected chi connectivity index (χ0v) is 23.5. The lowest BCUT2D eigenvalue weighted by Gasteiger charge is -2.27. The molecular formula is C31H28N4O5S. The van der Waals surface area contributed by atoms with E-state index in [1.165, 1.54) is 22.4 Å². The quantitative estimate of drug-likeness (QED) is 0.179. The van der Waals surface area contributed by atoms with Crippen LogP contribution in [-0.2, 0) is 33.8 Å². The summed E-state index contributed by atoms with van der Waals surface area (Å²) in [5, 5.41) is 34.9. The Morgan fingerprint density at radius 3 is 2.66 bits per heavy atom. The third-order valence-electron chi connectivity index (χ3n) is 8.14. The van der Waals surface area contributed by atoms with E-state index in [0.717, 1.165) is 10.8 Å². The van der Waals surface area contributed by atoms with Crippen molar-refractivity contribution in [2.75, 3.05) is 12.9 Å². The highest BCUT2D eigenvalue weighted by Gasteiger charge is 2.61. The predicted octanol–water partition coefficient (Wildman–Crippen LogP) is 4.67. The fourth-order valence-electron chi connectivity index (χ4n) is 6.38. The van der Waals surface area contributed by atoms with Gasteiger partial charge in [-0.15, -0.1) is 6.42 Å². The Morgan fingerprint density at radius 2 is 1.93 bits per heavy atom. The molecule has 2 aromatic heterocycles. The van der Waals surface area contributed by atoms with Crippen LogP contribution in [0.3, 0.4) is 0 Å². The number of hydrogen-bond donors (Lipinski definition) is 2.